The molecule has 1 aromatic heterocycles. The molecule has 1 atom stereocenters. The van der Waals surface area contributed by atoms with E-state index in [1.54, 1.807) is 10.7 Å². The lowest BCUT2D eigenvalue weighted by Gasteiger charge is -2.27. The summed E-state index contributed by atoms with van der Waals surface area (Å²) in [5, 5.41) is 7.46. The summed E-state index contributed by atoms with van der Waals surface area (Å²) in [6.45, 7) is 5.35. The number of aromatic nitrogens is 2. The van der Waals surface area contributed by atoms with Gasteiger partial charge in [-0.1, -0.05) is 6.07 Å². The summed E-state index contributed by atoms with van der Waals surface area (Å²) < 4.78 is 13.0. The minimum Gasteiger partial charge on any atom is -0.491 e. The number of carbonyl (C=O) groups excluding carboxylic acids is 1. The Balaban J connectivity index is 1.54. The van der Waals surface area contributed by atoms with Gasteiger partial charge in [0.2, 0.25) is 5.88 Å². The molecule has 0 spiro atoms. The normalized spacial score (nSPS) is 18.4. The van der Waals surface area contributed by atoms with Crippen molar-refractivity contribution in [3.63, 3.8) is 0 Å². The van der Waals surface area contributed by atoms with Gasteiger partial charge in [-0.05, 0) is 56.4 Å². The lowest BCUT2D eigenvalue weighted by molar-refractivity contribution is 0.0926. The van der Waals surface area contributed by atoms with Gasteiger partial charge >= 0.3 is 0 Å². The van der Waals surface area contributed by atoms with Crippen LogP contribution >= 0.6 is 0 Å². The molecule has 0 fully saturated rings. The fraction of sp³-hybridized carbons (Fsp3) is 0.474. The predicted molar refractivity (Wildman–Crippen MR) is 93.1 cm³/mol. The monoisotopic (exact) mass is 341 g/mol. The van der Waals surface area contributed by atoms with E-state index in [0.29, 0.717) is 24.7 Å². The Kier molecular flexibility index (Phi) is 4.11. The molecule has 0 unspecified atom stereocenters. The Morgan fingerprint density at radius 3 is 3.08 bits per heavy atom. The maximum Gasteiger partial charge on any atom is 0.272 e. The standard InChI is InChI=1S/C19H23N3O3/c1-12(2)25-14-7-6-13-4-3-5-16(15(13)10-14)20-19(23)17-11-18-22(21-17)8-9-24-18/h6-7,10-12,16H,3-5,8-9H2,1-2H3,(H,20,23)/t16-/m1/s1. The van der Waals surface area contributed by atoms with Crippen LogP contribution < -0.4 is 14.8 Å². The Bertz CT molecular complexity index is 776. The molecule has 0 saturated carbocycles. The van der Waals surface area contributed by atoms with Gasteiger partial charge in [-0.15, -0.1) is 0 Å². The molecule has 0 radical (unpaired) electrons. The number of carbonyl (C=O) groups is 1. The zero-order chi connectivity index (χ0) is 17.4. The molecular formula is C19H23N3O3. The molecule has 6 heteroatoms. The first-order chi connectivity index (χ1) is 12.1. The Labute approximate surface area is 147 Å². The van der Waals surface area contributed by atoms with Crippen molar-refractivity contribution in [3.8, 4) is 11.6 Å². The number of rotatable bonds is 4. The molecule has 1 amide bonds. The van der Waals surface area contributed by atoms with Gasteiger partial charge in [0.05, 0.1) is 18.7 Å². The number of ether oxygens (including phenoxy) is 2. The Morgan fingerprint density at radius 2 is 2.28 bits per heavy atom. The topological polar surface area (TPSA) is 65.4 Å². The minimum absolute atomic E-state index is 0.00980. The molecule has 2 heterocycles. The number of hydrogen-bond acceptors (Lipinski definition) is 4. The lowest BCUT2D eigenvalue weighted by Crippen LogP contribution is -2.31. The number of amides is 1. The maximum absolute atomic E-state index is 12.6. The second kappa shape index (κ2) is 6.43. The van der Waals surface area contributed by atoms with Crippen LogP contribution in [0.3, 0.4) is 0 Å². The van der Waals surface area contributed by atoms with Crippen LogP contribution in [0.25, 0.3) is 0 Å². The average molecular weight is 341 g/mol. The number of nitrogens with one attached hydrogen (secondary N) is 1. The van der Waals surface area contributed by atoms with Crippen LogP contribution in [0, 0.1) is 0 Å². The van der Waals surface area contributed by atoms with E-state index in [9.17, 15) is 4.79 Å². The zero-order valence-corrected chi connectivity index (χ0v) is 14.6. The van der Waals surface area contributed by atoms with Gasteiger partial charge in [0.1, 0.15) is 12.4 Å². The summed E-state index contributed by atoms with van der Waals surface area (Å²) in [5.74, 6) is 1.37. The van der Waals surface area contributed by atoms with E-state index in [1.165, 1.54) is 5.56 Å². The van der Waals surface area contributed by atoms with E-state index in [0.717, 1.165) is 30.6 Å². The lowest BCUT2D eigenvalue weighted by atomic mass is 9.87. The highest BCUT2D eigenvalue weighted by Gasteiger charge is 2.25. The van der Waals surface area contributed by atoms with Crippen LogP contribution in [0.1, 0.15) is 54.3 Å². The van der Waals surface area contributed by atoms with Crippen molar-refractivity contribution in [1.82, 2.24) is 15.1 Å². The molecule has 1 aliphatic carbocycles. The van der Waals surface area contributed by atoms with Crippen LogP contribution in [0.15, 0.2) is 24.3 Å². The number of nitrogens with zero attached hydrogens (tertiary/aromatic N) is 2. The van der Waals surface area contributed by atoms with Crippen molar-refractivity contribution in [2.75, 3.05) is 6.61 Å². The number of aryl methyl sites for hydroxylation is 1. The van der Waals surface area contributed by atoms with E-state index in [2.05, 4.69) is 22.5 Å². The van der Waals surface area contributed by atoms with Gasteiger partial charge in [0.25, 0.3) is 5.91 Å². The highest BCUT2D eigenvalue weighted by atomic mass is 16.5. The predicted octanol–water partition coefficient (Wildman–Crippen LogP) is 2.87. The smallest absolute Gasteiger partial charge is 0.272 e. The summed E-state index contributed by atoms with van der Waals surface area (Å²) in [6, 6.07) is 7.90. The summed E-state index contributed by atoms with van der Waals surface area (Å²) in [5.41, 5.74) is 2.85. The molecule has 1 N–H and O–H groups in total. The molecule has 6 nitrogen and oxygen atoms in total. The van der Waals surface area contributed by atoms with Crippen molar-refractivity contribution in [2.45, 2.75) is 51.8 Å². The van der Waals surface area contributed by atoms with Crippen molar-refractivity contribution in [1.29, 1.82) is 0 Å². The van der Waals surface area contributed by atoms with Crippen LogP contribution in [-0.4, -0.2) is 28.4 Å². The van der Waals surface area contributed by atoms with Gasteiger partial charge in [-0.2, -0.15) is 5.10 Å². The van der Waals surface area contributed by atoms with Crippen molar-refractivity contribution in [3.05, 3.63) is 41.1 Å². The second-order valence-electron chi connectivity index (χ2n) is 6.88. The van der Waals surface area contributed by atoms with Crippen molar-refractivity contribution < 1.29 is 14.3 Å². The number of hydrogen-bond donors (Lipinski definition) is 1. The summed E-state index contributed by atoms with van der Waals surface area (Å²) >= 11 is 0. The third-order valence-electron chi connectivity index (χ3n) is 4.64. The summed E-state index contributed by atoms with van der Waals surface area (Å²) in [4.78, 5) is 12.6. The molecule has 2 aromatic rings. The molecule has 0 bridgehead atoms. The van der Waals surface area contributed by atoms with Crippen molar-refractivity contribution >= 4 is 5.91 Å². The fourth-order valence-corrected chi connectivity index (χ4v) is 3.53. The SMILES string of the molecule is CC(C)Oc1ccc2c(c1)[C@H](NC(=O)c1cc3n(n1)CCO3)CCC2. The van der Waals surface area contributed by atoms with E-state index in [-0.39, 0.29) is 18.1 Å². The molecule has 0 saturated heterocycles. The van der Waals surface area contributed by atoms with Gasteiger partial charge in [-0.3, -0.25) is 4.79 Å². The first-order valence-electron chi connectivity index (χ1n) is 8.91. The molecular weight excluding hydrogens is 318 g/mol. The Morgan fingerprint density at radius 1 is 1.40 bits per heavy atom. The van der Waals surface area contributed by atoms with E-state index in [1.807, 2.05) is 19.9 Å². The largest absolute Gasteiger partial charge is 0.491 e. The van der Waals surface area contributed by atoms with Gasteiger partial charge in [0.15, 0.2) is 5.69 Å². The quantitative estimate of drug-likeness (QED) is 0.929. The third-order valence-corrected chi connectivity index (χ3v) is 4.64. The second-order valence-corrected chi connectivity index (χ2v) is 6.88. The summed E-state index contributed by atoms with van der Waals surface area (Å²) in [7, 11) is 0. The number of fused-ring (bicyclic) bond motifs is 2. The third kappa shape index (κ3) is 3.21. The van der Waals surface area contributed by atoms with Crippen LogP contribution in [0.5, 0.6) is 11.6 Å². The maximum atomic E-state index is 12.6. The first kappa shape index (κ1) is 16.0. The van der Waals surface area contributed by atoms with Crippen molar-refractivity contribution in [2.24, 2.45) is 0 Å². The summed E-state index contributed by atoms with van der Waals surface area (Å²) in [6.07, 6.45) is 3.15. The molecule has 4 rings (SSSR count). The van der Waals surface area contributed by atoms with Gasteiger partial charge in [-0.25, -0.2) is 4.68 Å². The van der Waals surface area contributed by atoms with E-state index >= 15 is 0 Å². The van der Waals surface area contributed by atoms with E-state index < -0.39 is 0 Å². The molecule has 25 heavy (non-hydrogen) atoms. The molecule has 132 valence electrons. The highest BCUT2D eigenvalue weighted by molar-refractivity contribution is 5.93. The molecule has 1 aromatic carbocycles. The van der Waals surface area contributed by atoms with Gasteiger partial charge < -0.3 is 14.8 Å². The van der Waals surface area contributed by atoms with Gasteiger partial charge in [0, 0.05) is 6.07 Å². The van der Waals surface area contributed by atoms with Crippen LogP contribution in [-0.2, 0) is 13.0 Å². The highest BCUT2D eigenvalue weighted by Crippen LogP contribution is 2.33. The zero-order valence-electron chi connectivity index (χ0n) is 14.6. The number of benzene rings is 1. The minimum atomic E-state index is -0.154. The van der Waals surface area contributed by atoms with Crippen LogP contribution in [0.4, 0.5) is 0 Å². The molecule has 2 aliphatic rings. The van der Waals surface area contributed by atoms with Crippen LogP contribution in [0.2, 0.25) is 0 Å². The Hall–Kier alpha value is -2.50. The molecule has 1 aliphatic heterocycles. The first-order valence-corrected chi connectivity index (χ1v) is 8.91. The average Bonchev–Trinajstić information content (AvgIpc) is 3.16. The van der Waals surface area contributed by atoms with E-state index in [4.69, 9.17) is 9.47 Å². The fourth-order valence-electron chi connectivity index (χ4n) is 3.53.